The maximum absolute atomic E-state index is 15.1. The average molecular weight is 1170 g/mol. The Morgan fingerprint density at radius 3 is 1.58 bits per heavy atom. The molecule has 8 aromatic rings. The molecule has 20 nitrogen and oxygen atoms in total. The first-order valence-electron chi connectivity index (χ1n) is 28.9. The predicted molar refractivity (Wildman–Crippen MR) is 314 cm³/mol. The van der Waals surface area contributed by atoms with E-state index in [4.69, 9.17) is 14.2 Å². The highest BCUT2D eigenvalue weighted by Crippen LogP contribution is 2.35. The predicted octanol–water partition coefficient (Wildman–Crippen LogP) is 10.4. The third kappa shape index (κ3) is 13.1. The Morgan fingerprint density at radius 1 is 0.635 bits per heavy atom. The fourth-order valence-electron chi connectivity index (χ4n) is 12.0. The minimum atomic E-state index is -0.667. The molecule has 2 aromatic carbocycles. The lowest BCUT2D eigenvalue weighted by molar-refractivity contribution is -0.103. The maximum atomic E-state index is 15.1. The van der Waals surface area contributed by atoms with Crippen LogP contribution in [0.25, 0.3) is 44.6 Å². The van der Waals surface area contributed by atoms with Gasteiger partial charge in [0.25, 0.3) is 0 Å². The summed E-state index contributed by atoms with van der Waals surface area (Å²) in [4.78, 5) is 53.7. The molecule has 0 aliphatic carbocycles. The number of aryl methyl sites for hydroxylation is 2. The Labute approximate surface area is 490 Å². The number of carbonyl (C=O) groups excluding carboxylic acids is 1. The molecule has 24 heteroatoms. The van der Waals surface area contributed by atoms with E-state index >= 15 is 4.39 Å². The number of nitrogens with one attached hydrogen (secondary N) is 3. The number of benzene rings is 2. The van der Waals surface area contributed by atoms with Crippen molar-refractivity contribution in [3.63, 3.8) is 0 Å². The number of carbonyl (C=O) groups is 1. The molecule has 0 bridgehead atoms. The van der Waals surface area contributed by atoms with Crippen LogP contribution in [0.3, 0.4) is 0 Å². The van der Waals surface area contributed by atoms with Gasteiger partial charge in [-0.2, -0.15) is 0 Å². The number of nitrogens with zero attached hydrogens (tertiary/aromatic N) is 13. The molecule has 0 saturated carbocycles. The molecular weight excluding hydrogens is 1100 g/mol. The fraction of sp³-hybridized carbons (Fsp3) is 0.459. The molecule has 4 aliphatic heterocycles. The van der Waals surface area contributed by atoms with E-state index in [1.807, 2.05) is 102 Å². The van der Waals surface area contributed by atoms with Gasteiger partial charge in [-0.1, -0.05) is 12.1 Å². The van der Waals surface area contributed by atoms with E-state index in [9.17, 15) is 18.0 Å². The van der Waals surface area contributed by atoms with E-state index in [0.29, 0.717) is 72.7 Å². The summed E-state index contributed by atoms with van der Waals surface area (Å²) in [7, 11) is 0. The van der Waals surface area contributed by atoms with Crippen molar-refractivity contribution in [3.05, 3.63) is 119 Å². The highest BCUT2D eigenvalue weighted by Gasteiger charge is 2.45. The molecule has 0 unspecified atom stereocenters. The molecule has 2 spiro atoms. The monoisotopic (exact) mass is 1170 g/mol. The summed E-state index contributed by atoms with van der Waals surface area (Å²) in [5, 5.41) is 9.48. The van der Waals surface area contributed by atoms with Gasteiger partial charge < -0.3 is 44.2 Å². The van der Waals surface area contributed by atoms with Crippen LogP contribution in [0.15, 0.2) is 73.3 Å². The van der Waals surface area contributed by atoms with Gasteiger partial charge in [0.05, 0.1) is 48.8 Å². The Balaban J connectivity index is 0.000000179. The molecule has 448 valence electrons. The lowest BCUT2D eigenvalue weighted by atomic mass is 10.0. The lowest BCUT2D eigenvalue weighted by Crippen LogP contribution is -2.53. The Kier molecular flexibility index (Phi) is 16.6. The van der Waals surface area contributed by atoms with Gasteiger partial charge >= 0.3 is 6.09 Å². The van der Waals surface area contributed by atoms with E-state index in [-0.39, 0.29) is 63.7 Å². The number of pyridine rings is 2. The third-order valence-corrected chi connectivity index (χ3v) is 15.7. The molecule has 4 saturated heterocycles. The first-order valence-corrected chi connectivity index (χ1v) is 28.9. The zero-order valence-electron chi connectivity index (χ0n) is 49.4. The van der Waals surface area contributed by atoms with Gasteiger partial charge in [-0.25, -0.2) is 62.2 Å². The summed E-state index contributed by atoms with van der Waals surface area (Å²) in [5.74, 6) is 0.321. The smallest absolute Gasteiger partial charge is 0.410 e. The number of morpholine rings is 2. The van der Waals surface area contributed by atoms with Gasteiger partial charge in [-0.3, -0.25) is 9.80 Å². The molecule has 12 rings (SSSR count). The number of likely N-dealkylation sites (tertiary alicyclic amines) is 1. The number of halogens is 4. The van der Waals surface area contributed by atoms with Crippen LogP contribution in [-0.2, 0) is 27.3 Å². The van der Waals surface area contributed by atoms with E-state index in [2.05, 4.69) is 65.6 Å². The summed E-state index contributed by atoms with van der Waals surface area (Å²) in [6.45, 7) is 26.2. The second-order valence-corrected chi connectivity index (χ2v) is 24.1. The van der Waals surface area contributed by atoms with Crippen LogP contribution < -0.4 is 16.0 Å². The number of fused-ring (bicyclic) bond motifs is 2. The van der Waals surface area contributed by atoms with Gasteiger partial charge in [0.1, 0.15) is 56.9 Å². The van der Waals surface area contributed by atoms with Crippen LogP contribution in [0.5, 0.6) is 0 Å². The first-order chi connectivity index (χ1) is 40.6. The molecule has 1 amide bonds. The van der Waals surface area contributed by atoms with Crippen molar-refractivity contribution >= 4 is 51.7 Å². The van der Waals surface area contributed by atoms with Crippen molar-refractivity contribution < 1.29 is 36.6 Å². The van der Waals surface area contributed by atoms with Crippen LogP contribution in [0.2, 0.25) is 0 Å². The second kappa shape index (κ2) is 23.9. The van der Waals surface area contributed by atoms with Crippen molar-refractivity contribution in [1.82, 2.24) is 69.0 Å². The normalized spacial score (nSPS) is 19.4. The number of imidazole rings is 2. The van der Waals surface area contributed by atoms with Gasteiger partial charge in [0, 0.05) is 88.0 Å². The summed E-state index contributed by atoms with van der Waals surface area (Å²) in [5.41, 5.74) is 3.31. The summed E-state index contributed by atoms with van der Waals surface area (Å²) in [6.07, 6.45) is 7.22. The van der Waals surface area contributed by atoms with Crippen molar-refractivity contribution in [2.45, 2.75) is 117 Å². The zero-order valence-corrected chi connectivity index (χ0v) is 49.4. The number of rotatable bonds is 12. The number of anilines is 4. The van der Waals surface area contributed by atoms with Crippen LogP contribution >= 0.6 is 0 Å². The van der Waals surface area contributed by atoms with E-state index in [0.717, 1.165) is 82.2 Å². The van der Waals surface area contributed by atoms with Crippen molar-refractivity contribution in [2.75, 3.05) is 76.2 Å². The highest BCUT2D eigenvalue weighted by atomic mass is 19.1. The average Bonchev–Trinajstić information content (AvgIpc) is 2.59. The molecule has 2 atom stereocenters. The third-order valence-electron chi connectivity index (χ3n) is 15.7. The van der Waals surface area contributed by atoms with Gasteiger partial charge in [-0.15, -0.1) is 0 Å². The molecule has 4 aliphatic rings. The lowest BCUT2D eigenvalue weighted by Gasteiger charge is -2.40. The number of hydrogen-bond donors (Lipinski definition) is 3. The molecule has 10 heterocycles. The molecule has 0 radical (unpaired) electrons. The molecule has 6 aromatic heterocycles. The van der Waals surface area contributed by atoms with Crippen molar-refractivity contribution in [3.8, 4) is 22.5 Å². The molecule has 4 fully saturated rings. The standard InChI is InChI=1S/C33H40F2N8O3.C28H32F2N8O/c1-20(2)43-21(3)38-29-24(34)13-23(14-26(29)43)28-25(35)16-37-30(40-28)39-27-8-7-22(15-36-27)17-41-11-12-45-33(18-41)9-10-42(19-33)31(44)46-32(4,5)6;1-17(2)38-18(3)34-26-21(29)10-20(11-23(26)38)25-22(30)13-33-27(36-25)35-24-5-4-19(12-32-24)14-37-8-9-39-28(16-37)6-7-31-15-28/h7-8,13-16,20H,9-12,17-19H2,1-6H3,(H,36,37,39,40);4-5,10-13,17,31H,6-9,14-16H2,1-3H3,(H,32,33,35,36)/t33-;28-/m01/s1. The molecule has 85 heavy (non-hydrogen) atoms. The number of amides is 1. The van der Waals surface area contributed by atoms with Gasteiger partial charge in [-0.05, 0) is 129 Å². The van der Waals surface area contributed by atoms with Gasteiger partial charge in [0.2, 0.25) is 11.9 Å². The van der Waals surface area contributed by atoms with Gasteiger partial charge in [0.15, 0.2) is 23.3 Å². The van der Waals surface area contributed by atoms with E-state index in [1.54, 1.807) is 23.2 Å². The molecular formula is C61H72F4N16O4. The van der Waals surface area contributed by atoms with Crippen molar-refractivity contribution in [1.29, 1.82) is 0 Å². The van der Waals surface area contributed by atoms with Crippen molar-refractivity contribution in [2.24, 2.45) is 0 Å². The van der Waals surface area contributed by atoms with Crippen LogP contribution in [0.4, 0.5) is 45.9 Å². The number of hydrogen-bond acceptors (Lipinski definition) is 17. The quantitative estimate of drug-likeness (QED) is 0.0974. The van der Waals surface area contributed by atoms with Crippen LogP contribution in [0.1, 0.15) is 96.2 Å². The first kappa shape index (κ1) is 59.0. The number of aromatic nitrogens is 10. The maximum Gasteiger partial charge on any atom is 0.410 e. The minimum Gasteiger partial charge on any atom is -0.444 e. The largest absolute Gasteiger partial charge is 0.444 e. The number of ether oxygens (including phenoxy) is 3. The summed E-state index contributed by atoms with van der Waals surface area (Å²) in [6, 6.07) is 13.7. The fourth-order valence-corrected chi connectivity index (χ4v) is 12.0. The SMILES string of the molecule is Cc1nc2c(F)cc(-c3nc(Nc4ccc(CN5CCO[C@@]6(CCN(C(=O)OC(C)(C)C)C6)C5)cn4)ncc3F)cc2n1C(C)C.Cc1nc2c(F)cc(-c3nc(Nc4ccc(CN5CCO[C@@]6(CCNC6)C5)cn4)ncc3F)cc2n1C(C)C. The van der Waals surface area contributed by atoms with Crippen LogP contribution in [0, 0.1) is 37.1 Å². The van der Waals surface area contributed by atoms with E-state index < -0.39 is 34.5 Å². The van der Waals surface area contributed by atoms with E-state index in [1.165, 1.54) is 12.1 Å². The second-order valence-electron chi connectivity index (χ2n) is 24.1. The topological polar surface area (TPSA) is 204 Å². The Morgan fingerprint density at radius 2 is 1.13 bits per heavy atom. The van der Waals surface area contributed by atoms with Crippen LogP contribution in [-0.4, -0.2) is 152 Å². The molecule has 3 N–H and O–H groups in total. The highest BCUT2D eigenvalue weighted by molar-refractivity contribution is 5.84. The Bertz CT molecular complexity index is 3740. The minimum absolute atomic E-state index is 0.00160. The summed E-state index contributed by atoms with van der Waals surface area (Å²) >= 11 is 0. The summed E-state index contributed by atoms with van der Waals surface area (Å²) < 4.78 is 81.5. The Hall–Kier alpha value is -7.77. The zero-order chi connectivity index (χ0) is 60.0.